The number of aryl methyl sites for hydroxylation is 2. The van der Waals surface area contributed by atoms with Crippen LogP contribution < -0.4 is 0 Å². The predicted molar refractivity (Wildman–Crippen MR) is 68.7 cm³/mol. The van der Waals surface area contributed by atoms with E-state index in [-0.39, 0.29) is 11.7 Å². The fraction of sp³-hybridized carbons (Fsp3) is 0.286. The van der Waals surface area contributed by atoms with Crippen LogP contribution in [-0.4, -0.2) is 10.8 Å². The summed E-state index contributed by atoms with van der Waals surface area (Å²) in [5.74, 6) is 0.209. The molecule has 1 aliphatic carbocycles. The highest BCUT2D eigenvalue weighted by Gasteiger charge is 2.31. The summed E-state index contributed by atoms with van der Waals surface area (Å²) in [6.07, 6.45) is 3.66. The molecule has 0 spiro atoms. The molecule has 0 saturated carbocycles. The molecule has 0 aromatic carbocycles. The first-order valence-electron chi connectivity index (χ1n) is 5.78. The predicted octanol–water partition coefficient (Wildman–Crippen LogP) is 3.36. The molecular formula is C14H13NOS. The molecule has 2 heterocycles. The first kappa shape index (κ1) is 10.7. The van der Waals surface area contributed by atoms with Gasteiger partial charge in [0.05, 0.1) is 11.6 Å². The maximum absolute atomic E-state index is 12.5. The van der Waals surface area contributed by atoms with Gasteiger partial charge in [0.25, 0.3) is 0 Å². The van der Waals surface area contributed by atoms with E-state index in [1.807, 2.05) is 23.8 Å². The Morgan fingerprint density at radius 3 is 3.12 bits per heavy atom. The summed E-state index contributed by atoms with van der Waals surface area (Å²) in [6.45, 7) is 2.00. The molecule has 0 saturated heterocycles. The molecule has 0 N–H and O–H groups in total. The second-order valence-electron chi connectivity index (χ2n) is 4.47. The Bertz CT molecular complexity index is 573. The zero-order chi connectivity index (χ0) is 11.8. The molecule has 1 atom stereocenters. The fourth-order valence-electron chi connectivity index (χ4n) is 2.47. The van der Waals surface area contributed by atoms with Crippen molar-refractivity contribution in [2.45, 2.75) is 25.7 Å². The summed E-state index contributed by atoms with van der Waals surface area (Å²) >= 11 is 1.59. The number of carbonyl (C=O) groups is 1. The molecular weight excluding hydrogens is 230 g/mol. The average molecular weight is 243 g/mol. The van der Waals surface area contributed by atoms with Gasteiger partial charge in [-0.3, -0.25) is 9.78 Å². The zero-order valence-electron chi connectivity index (χ0n) is 9.64. The summed E-state index contributed by atoms with van der Waals surface area (Å²) in [6, 6.07) is 4.03. The van der Waals surface area contributed by atoms with Gasteiger partial charge in [0.2, 0.25) is 0 Å². The van der Waals surface area contributed by atoms with E-state index >= 15 is 0 Å². The Hall–Kier alpha value is -1.48. The zero-order valence-corrected chi connectivity index (χ0v) is 10.5. The number of carbonyl (C=O) groups excluding carboxylic acids is 1. The highest BCUT2D eigenvalue weighted by molar-refractivity contribution is 7.08. The lowest BCUT2D eigenvalue weighted by atomic mass is 9.95. The molecule has 86 valence electrons. The maximum atomic E-state index is 12.5. The van der Waals surface area contributed by atoms with Gasteiger partial charge in [-0.1, -0.05) is 6.07 Å². The number of hydrogen-bond acceptors (Lipinski definition) is 3. The monoisotopic (exact) mass is 243 g/mol. The Kier molecular flexibility index (Phi) is 2.56. The molecule has 0 radical (unpaired) electrons. The van der Waals surface area contributed by atoms with Gasteiger partial charge in [-0.05, 0) is 42.3 Å². The van der Waals surface area contributed by atoms with Crippen LogP contribution in [0.1, 0.15) is 39.5 Å². The Labute approximate surface area is 104 Å². The van der Waals surface area contributed by atoms with Gasteiger partial charge in [0, 0.05) is 17.1 Å². The van der Waals surface area contributed by atoms with Gasteiger partial charge in [0.15, 0.2) is 5.78 Å². The molecule has 2 aromatic rings. The Morgan fingerprint density at radius 1 is 1.47 bits per heavy atom. The third-order valence-electron chi connectivity index (χ3n) is 3.40. The van der Waals surface area contributed by atoms with Crippen LogP contribution in [0.4, 0.5) is 0 Å². The van der Waals surface area contributed by atoms with E-state index in [0.29, 0.717) is 0 Å². The van der Waals surface area contributed by atoms with Crippen LogP contribution in [0.3, 0.4) is 0 Å². The standard InChI is InChI=1S/C14H13NOS/c1-9-7-17-8-12(9)14(16)11-5-4-10-3-2-6-15-13(10)11/h2-3,6-8,11H,4-5H2,1H3. The van der Waals surface area contributed by atoms with Crippen molar-refractivity contribution in [3.8, 4) is 0 Å². The molecule has 0 aliphatic heterocycles. The van der Waals surface area contributed by atoms with E-state index < -0.39 is 0 Å². The van der Waals surface area contributed by atoms with Crippen molar-refractivity contribution in [1.29, 1.82) is 0 Å². The molecule has 1 unspecified atom stereocenters. The second kappa shape index (κ2) is 4.08. The van der Waals surface area contributed by atoms with Crippen molar-refractivity contribution in [1.82, 2.24) is 4.98 Å². The molecule has 2 aromatic heterocycles. The summed E-state index contributed by atoms with van der Waals surface area (Å²) in [7, 11) is 0. The highest BCUT2D eigenvalue weighted by Crippen LogP contribution is 2.34. The van der Waals surface area contributed by atoms with Gasteiger partial charge in [-0.2, -0.15) is 11.3 Å². The molecule has 2 nitrogen and oxygen atoms in total. The third kappa shape index (κ3) is 1.71. The van der Waals surface area contributed by atoms with Crippen LogP contribution in [0, 0.1) is 6.92 Å². The van der Waals surface area contributed by atoms with E-state index in [4.69, 9.17) is 0 Å². The second-order valence-corrected chi connectivity index (χ2v) is 5.22. The van der Waals surface area contributed by atoms with Crippen molar-refractivity contribution in [3.63, 3.8) is 0 Å². The number of aromatic nitrogens is 1. The molecule has 1 aliphatic rings. The summed E-state index contributed by atoms with van der Waals surface area (Å²) in [5, 5.41) is 3.99. The van der Waals surface area contributed by atoms with Crippen LogP contribution >= 0.6 is 11.3 Å². The lowest BCUT2D eigenvalue weighted by molar-refractivity contribution is 0.0958. The number of thiophene rings is 1. The van der Waals surface area contributed by atoms with Gasteiger partial charge in [-0.25, -0.2) is 0 Å². The smallest absolute Gasteiger partial charge is 0.173 e. The Morgan fingerprint density at radius 2 is 2.35 bits per heavy atom. The molecule has 17 heavy (non-hydrogen) atoms. The topological polar surface area (TPSA) is 30.0 Å². The molecule has 0 bridgehead atoms. The van der Waals surface area contributed by atoms with E-state index in [1.165, 1.54) is 5.56 Å². The largest absolute Gasteiger partial charge is 0.293 e. The average Bonchev–Trinajstić information content (AvgIpc) is 2.94. The van der Waals surface area contributed by atoms with Gasteiger partial charge < -0.3 is 0 Å². The third-order valence-corrected chi connectivity index (χ3v) is 4.26. The first-order chi connectivity index (χ1) is 8.27. The highest BCUT2D eigenvalue weighted by atomic mass is 32.1. The van der Waals surface area contributed by atoms with Crippen molar-refractivity contribution < 1.29 is 4.79 Å². The molecule has 0 amide bonds. The number of Topliss-reactive ketones (excluding diaryl/α,β-unsaturated/α-hetero) is 1. The van der Waals surface area contributed by atoms with Crippen LogP contribution in [0.15, 0.2) is 29.1 Å². The van der Waals surface area contributed by atoms with Crippen LogP contribution in [0.5, 0.6) is 0 Å². The SMILES string of the molecule is Cc1cscc1C(=O)C1CCc2cccnc21. The molecule has 3 heteroatoms. The quantitative estimate of drug-likeness (QED) is 0.757. The fourth-order valence-corrected chi connectivity index (χ4v) is 3.31. The first-order valence-corrected chi connectivity index (χ1v) is 6.72. The summed E-state index contributed by atoms with van der Waals surface area (Å²) < 4.78 is 0. The maximum Gasteiger partial charge on any atom is 0.173 e. The summed E-state index contributed by atoms with van der Waals surface area (Å²) in [4.78, 5) is 16.8. The number of rotatable bonds is 2. The van der Waals surface area contributed by atoms with Gasteiger partial charge in [-0.15, -0.1) is 0 Å². The van der Waals surface area contributed by atoms with E-state index in [9.17, 15) is 4.79 Å². The number of hydrogen-bond donors (Lipinski definition) is 0. The number of fused-ring (bicyclic) bond motifs is 1. The lowest BCUT2D eigenvalue weighted by Crippen LogP contribution is -2.11. The van der Waals surface area contributed by atoms with Crippen molar-refractivity contribution in [3.05, 3.63) is 51.5 Å². The number of nitrogens with zero attached hydrogens (tertiary/aromatic N) is 1. The van der Waals surface area contributed by atoms with Gasteiger partial charge in [0.1, 0.15) is 0 Å². The molecule has 0 fully saturated rings. The van der Waals surface area contributed by atoms with E-state index in [1.54, 1.807) is 17.5 Å². The lowest BCUT2D eigenvalue weighted by Gasteiger charge is -2.08. The van der Waals surface area contributed by atoms with E-state index in [0.717, 1.165) is 29.7 Å². The summed E-state index contributed by atoms with van der Waals surface area (Å²) in [5.41, 5.74) is 4.18. The molecule has 3 rings (SSSR count). The van der Waals surface area contributed by atoms with Crippen LogP contribution in [-0.2, 0) is 6.42 Å². The minimum Gasteiger partial charge on any atom is -0.293 e. The number of pyridine rings is 1. The van der Waals surface area contributed by atoms with Gasteiger partial charge >= 0.3 is 0 Å². The van der Waals surface area contributed by atoms with Crippen LogP contribution in [0.2, 0.25) is 0 Å². The minimum absolute atomic E-state index is 0.0282. The van der Waals surface area contributed by atoms with Crippen LogP contribution in [0.25, 0.3) is 0 Å². The van der Waals surface area contributed by atoms with Crippen molar-refractivity contribution >= 4 is 17.1 Å². The normalized spacial score (nSPS) is 18.1. The van der Waals surface area contributed by atoms with Crippen molar-refractivity contribution in [2.75, 3.05) is 0 Å². The van der Waals surface area contributed by atoms with Crippen molar-refractivity contribution in [2.24, 2.45) is 0 Å². The number of ketones is 1. The van der Waals surface area contributed by atoms with E-state index in [2.05, 4.69) is 11.1 Å². The minimum atomic E-state index is -0.0282. The Balaban J connectivity index is 1.98.